The number of carboxylic acid groups (broad SMARTS) is 1. The lowest BCUT2D eigenvalue weighted by Gasteiger charge is -2.10. The zero-order valence-corrected chi connectivity index (χ0v) is 10.2. The third-order valence-electron chi connectivity index (χ3n) is 2.28. The van der Waals surface area contributed by atoms with Gasteiger partial charge in [0, 0.05) is 9.86 Å². The smallest absolute Gasteiger partial charge is 0.418 e. The van der Waals surface area contributed by atoms with Gasteiger partial charge in [0.2, 0.25) is 0 Å². The van der Waals surface area contributed by atoms with E-state index >= 15 is 0 Å². The van der Waals surface area contributed by atoms with Gasteiger partial charge in [-0.25, -0.2) is 9.78 Å². The van der Waals surface area contributed by atoms with E-state index in [1.165, 1.54) is 12.1 Å². The van der Waals surface area contributed by atoms with Crippen molar-refractivity contribution in [3.05, 3.63) is 40.0 Å². The summed E-state index contributed by atoms with van der Waals surface area (Å²) in [4.78, 5) is 14.3. The van der Waals surface area contributed by atoms with E-state index in [0.29, 0.717) is 0 Å². The summed E-state index contributed by atoms with van der Waals surface area (Å²) in [6, 6.07) is 4.78. The molecule has 2 rings (SSSR count). The molecule has 0 atom stereocenters. The number of pyridine rings is 1. The van der Waals surface area contributed by atoms with E-state index in [4.69, 9.17) is 5.11 Å². The first-order valence-corrected chi connectivity index (χ1v) is 5.49. The molecule has 18 heavy (non-hydrogen) atoms. The first kappa shape index (κ1) is 12.8. The number of rotatable bonds is 1. The van der Waals surface area contributed by atoms with Gasteiger partial charge in [-0.05, 0) is 18.2 Å². The number of halogens is 4. The number of hydrogen-bond acceptors (Lipinski definition) is 2. The Morgan fingerprint density at radius 1 is 1.28 bits per heavy atom. The van der Waals surface area contributed by atoms with Gasteiger partial charge in [0.1, 0.15) is 5.69 Å². The van der Waals surface area contributed by atoms with Gasteiger partial charge in [-0.3, -0.25) is 0 Å². The van der Waals surface area contributed by atoms with Crippen LogP contribution in [0.3, 0.4) is 0 Å². The second-order valence-electron chi connectivity index (χ2n) is 3.52. The van der Waals surface area contributed by atoms with E-state index in [2.05, 4.69) is 20.9 Å². The van der Waals surface area contributed by atoms with Gasteiger partial charge in [0.05, 0.1) is 11.1 Å². The molecule has 7 heteroatoms. The van der Waals surface area contributed by atoms with E-state index in [0.717, 1.165) is 12.1 Å². The zero-order valence-electron chi connectivity index (χ0n) is 8.62. The molecule has 2 aromatic rings. The van der Waals surface area contributed by atoms with Crippen LogP contribution in [0, 0.1) is 0 Å². The minimum Gasteiger partial charge on any atom is -0.477 e. The van der Waals surface area contributed by atoms with E-state index in [9.17, 15) is 18.0 Å². The van der Waals surface area contributed by atoms with Crippen LogP contribution in [-0.4, -0.2) is 16.1 Å². The monoisotopic (exact) mass is 319 g/mol. The van der Waals surface area contributed by atoms with Gasteiger partial charge in [-0.2, -0.15) is 13.2 Å². The largest absolute Gasteiger partial charge is 0.477 e. The van der Waals surface area contributed by atoms with Crippen LogP contribution in [0.2, 0.25) is 0 Å². The lowest BCUT2D eigenvalue weighted by Crippen LogP contribution is -2.08. The Morgan fingerprint density at radius 2 is 1.94 bits per heavy atom. The highest BCUT2D eigenvalue weighted by Gasteiger charge is 2.34. The number of carboxylic acids is 1. The quantitative estimate of drug-likeness (QED) is 0.871. The molecule has 1 aromatic carbocycles. The Morgan fingerprint density at radius 3 is 2.50 bits per heavy atom. The zero-order chi connectivity index (χ0) is 13.5. The summed E-state index contributed by atoms with van der Waals surface area (Å²) in [7, 11) is 0. The summed E-state index contributed by atoms with van der Waals surface area (Å²) in [6.45, 7) is 0. The van der Waals surface area contributed by atoms with Crippen molar-refractivity contribution >= 4 is 32.8 Å². The Balaban J connectivity index is 2.82. The molecule has 0 saturated heterocycles. The second-order valence-corrected chi connectivity index (χ2v) is 4.44. The summed E-state index contributed by atoms with van der Waals surface area (Å²) in [5.74, 6) is -1.37. The van der Waals surface area contributed by atoms with Crippen molar-refractivity contribution in [2.24, 2.45) is 0 Å². The fourth-order valence-electron chi connectivity index (χ4n) is 1.53. The average Bonchev–Trinajstić information content (AvgIpc) is 2.25. The van der Waals surface area contributed by atoms with Crippen LogP contribution in [0.5, 0.6) is 0 Å². The van der Waals surface area contributed by atoms with E-state index in [1.807, 2.05) is 0 Å². The van der Waals surface area contributed by atoms with E-state index in [-0.39, 0.29) is 15.4 Å². The number of nitrogens with zero attached hydrogens (tertiary/aromatic N) is 1. The van der Waals surface area contributed by atoms with Crippen molar-refractivity contribution in [2.75, 3.05) is 0 Å². The van der Waals surface area contributed by atoms with Crippen LogP contribution in [0.1, 0.15) is 16.1 Å². The van der Waals surface area contributed by atoms with Crippen molar-refractivity contribution in [1.82, 2.24) is 4.98 Å². The van der Waals surface area contributed by atoms with Gasteiger partial charge in [-0.1, -0.05) is 22.0 Å². The molecule has 0 amide bonds. The van der Waals surface area contributed by atoms with E-state index in [1.54, 1.807) is 0 Å². The third-order valence-corrected chi connectivity index (χ3v) is 2.74. The lowest BCUT2D eigenvalue weighted by atomic mass is 10.1. The average molecular weight is 320 g/mol. The maximum absolute atomic E-state index is 12.8. The molecule has 0 bridgehead atoms. The second kappa shape index (κ2) is 4.24. The Labute approximate surface area is 107 Å². The molecule has 0 radical (unpaired) electrons. The van der Waals surface area contributed by atoms with Crippen LogP contribution in [0.25, 0.3) is 10.9 Å². The molecule has 0 saturated carbocycles. The summed E-state index contributed by atoms with van der Waals surface area (Å²) < 4.78 is 38.7. The van der Waals surface area contributed by atoms with Crippen molar-refractivity contribution in [2.45, 2.75) is 6.18 Å². The first-order valence-electron chi connectivity index (χ1n) is 4.70. The van der Waals surface area contributed by atoms with Crippen LogP contribution in [0.15, 0.2) is 28.7 Å². The molecule has 3 nitrogen and oxygen atoms in total. The Kier molecular flexibility index (Phi) is 3.02. The lowest BCUT2D eigenvalue weighted by molar-refractivity contribution is -0.136. The predicted molar refractivity (Wildman–Crippen MR) is 61.4 cm³/mol. The van der Waals surface area contributed by atoms with Crippen molar-refractivity contribution in [1.29, 1.82) is 0 Å². The maximum Gasteiger partial charge on any atom is 0.418 e. The number of alkyl halides is 3. The molecule has 0 spiro atoms. The minimum atomic E-state index is -4.59. The van der Waals surface area contributed by atoms with Gasteiger partial charge in [0.15, 0.2) is 0 Å². The molecular weight excluding hydrogens is 315 g/mol. The molecule has 1 heterocycles. The molecule has 0 aliphatic rings. The predicted octanol–water partition coefficient (Wildman–Crippen LogP) is 3.71. The molecule has 0 unspecified atom stereocenters. The summed E-state index contributed by atoms with van der Waals surface area (Å²) >= 11 is 2.98. The number of hydrogen-bond donors (Lipinski definition) is 1. The number of fused-ring (bicyclic) bond motifs is 1. The van der Waals surface area contributed by atoms with Gasteiger partial charge in [0.25, 0.3) is 0 Å². The maximum atomic E-state index is 12.8. The summed E-state index contributed by atoms with van der Waals surface area (Å²) in [6.07, 6.45) is -4.59. The highest BCUT2D eigenvalue weighted by Crippen LogP contribution is 2.36. The van der Waals surface area contributed by atoms with Crippen molar-refractivity contribution < 1.29 is 23.1 Å². The molecule has 0 aliphatic heterocycles. The summed E-state index contributed by atoms with van der Waals surface area (Å²) in [5.41, 5.74) is -1.75. The highest BCUT2D eigenvalue weighted by molar-refractivity contribution is 9.10. The summed E-state index contributed by atoms with van der Waals surface area (Å²) in [5, 5.41) is 8.96. The molecule has 1 N–H and O–H groups in total. The van der Waals surface area contributed by atoms with Gasteiger partial charge >= 0.3 is 12.1 Å². The number of aromatic nitrogens is 1. The SMILES string of the molecule is O=C(O)c1ccc2cc(Br)cc(C(F)(F)F)c2n1. The van der Waals surface area contributed by atoms with Crippen LogP contribution >= 0.6 is 15.9 Å². The number of benzene rings is 1. The topological polar surface area (TPSA) is 50.2 Å². The van der Waals surface area contributed by atoms with Gasteiger partial charge in [-0.15, -0.1) is 0 Å². The van der Waals surface area contributed by atoms with Crippen molar-refractivity contribution in [3.8, 4) is 0 Å². The fourth-order valence-corrected chi connectivity index (χ4v) is 2.01. The van der Waals surface area contributed by atoms with E-state index < -0.39 is 23.4 Å². The molecule has 0 aliphatic carbocycles. The third kappa shape index (κ3) is 2.31. The fraction of sp³-hybridized carbons (Fsp3) is 0.0909. The first-order chi connectivity index (χ1) is 8.29. The molecule has 1 aromatic heterocycles. The molecular formula is C11H5BrF3NO2. The highest BCUT2D eigenvalue weighted by atomic mass is 79.9. The number of aromatic carboxylic acids is 1. The molecule has 94 valence electrons. The normalized spacial score (nSPS) is 11.8. The van der Waals surface area contributed by atoms with Crippen LogP contribution in [0.4, 0.5) is 13.2 Å². The standard InChI is InChI=1S/C11H5BrF3NO2/c12-6-3-5-1-2-8(10(17)18)16-9(5)7(4-6)11(13,14)15/h1-4H,(H,17,18). The number of carbonyl (C=O) groups is 1. The Hall–Kier alpha value is -1.63. The molecule has 0 fully saturated rings. The van der Waals surface area contributed by atoms with Crippen molar-refractivity contribution in [3.63, 3.8) is 0 Å². The Bertz CT molecular complexity index is 640. The van der Waals surface area contributed by atoms with Gasteiger partial charge < -0.3 is 5.11 Å². The van der Waals surface area contributed by atoms with Crippen LogP contribution in [-0.2, 0) is 6.18 Å². The minimum absolute atomic E-state index is 0.224. The van der Waals surface area contributed by atoms with Crippen LogP contribution < -0.4 is 0 Å².